The van der Waals surface area contributed by atoms with Gasteiger partial charge in [-0.1, -0.05) is 29.7 Å². The smallest absolute Gasteiger partial charge is 0.189 e. The fourth-order valence-corrected chi connectivity index (χ4v) is 3.55. The Morgan fingerprint density at radius 3 is 2.91 bits per heavy atom. The number of ether oxygens (including phenoxy) is 1. The van der Waals surface area contributed by atoms with E-state index in [-0.39, 0.29) is 0 Å². The van der Waals surface area contributed by atoms with Gasteiger partial charge in [-0.25, -0.2) is 0 Å². The summed E-state index contributed by atoms with van der Waals surface area (Å²) in [7, 11) is 1.66. The number of halogens is 2. The van der Waals surface area contributed by atoms with Gasteiger partial charge in [0.05, 0.1) is 22.4 Å². The number of hydrogen-bond donors (Lipinski definition) is 1. The number of aryl methyl sites for hydroxylation is 1. The molecule has 4 nitrogen and oxygen atoms in total. The van der Waals surface area contributed by atoms with Gasteiger partial charge in [-0.2, -0.15) is 0 Å². The minimum absolute atomic E-state index is 0.570. The Morgan fingerprint density at radius 1 is 1.35 bits per heavy atom. The highest BCUT2D eigenvalue weighted by atomic mass is 79.9. The summed E-state index contributed by atoms with van der Waals surface area (Å²) in [6, 6.07) is 9.78. The Bertz CT molecular complexity index is 853. The topological polar surface area (TPSA) is 47.3 Å². The molecule has 0 saturated carbocycles. The number of nitrogens with one attached hydrogen (secondary N) is 1. The maximum atomic E-state index is 6.34. The standard InChI is InChI=1S/C16H14BrClN2O2S/c1-3-9-4-6-11(21-2)13(8-9)23-20-16-14-12(22-19-16)7-5-10(17)15(14)18/h4-8H,3H2,1-2H3,(H,19,20). The minimum Gasteiger partial charge on any atom is -0.496 e. The van der Waals surface area contributed by atoms with Gasteiger partial charge < -0.3 is 14.0 Å². The second-order valence-corrected chi connectivity index (χ2v) is 6.89. The number of nitrogens with zero attached hydrogens (tertiary/aromatic N) is 1. The van der Waals surface area contributed by atoms with Crippen LogP contribution in [0.1, 0.15) is 12.5 Å². The summed E-state index contributed by atoms with van der Waals surface area (Å²) in [5, 5.41) is 5.38. The fraction of sp³-hybridized carbons (Fsp3) is 0.188. The van der Waals surface area contributed by atoms with Crippen LogP contribution < -0.4 is 9.46 Å². The van der Waals surface area contributed by atoms with E-state index in [1.807, 2.05) is 18.2 Å². The summed E-state index contributed by atoms with van der Waals surface area (Å²) in [6.07, 6.45) is 0.962. The fourth-order valence-electron chi connectivity index (χ4n) is 2.16. The highest BCUT2D eigenvalue weighted by molar-refractivity contribution is 9.10. The average molecular weight is 414 g/mol. The molecule has 0 radical (unpaired) electrons. The molecular weight excluding hydrogens is 400 g/mol. The van der Waals surface area contributed by atoms with Crippen molar-refractivity contribution in [3.05, 3.63) is 45.4 Å². The molecule has 0 saturated heterocycles. The molecular formula is C16H14BrClN2O2S. The molecule has 0 aliphatic heterocycles. The Hall–Kier alpha value is -1.37. The molecule has 3 rings (SSSR count). The van der Waals surface area contributed by atoms with Crippen molar-refractivity contribution < 1.29 is 9.26 Å². The van der Waals surface area contributed by atoms with Crippen molar-refractivity contribution in [2.45, 2.75) is 18.2 Å². The third kappa shape index (κ3) is 3.29. The molecule has 0 amide bonds. The molecule has 3 aromatic rings. The van der Waals surface area contributed by atoms with Gasteiger partial charge in [0, 0.05) is 4.47 Å². The molecule has 1 heterocycles. The quantitative estimate of drug-likeness (QED) is 0.525. The summed E-state index contributed by atoms with van der Waals surface area (Å²) in [5.41, 5.74) is 1.87. The minimum atomic E-state index is 0.570. The van der Waals surface area contributed by atoms with E-state index in [2.05, 4.69) is 44.9 Å². The van der Waals surface area contributed by atoms with Crippen molar-refractivity contribution in [2.75, 3.05) is 11.8 Å². The zero-order valence-corrected chi connectivity index (χ0v) is 15.7. The van der Waals surface area contributed by atoms with Crippen LogP contribution in [0.3, 0.4) is 0 Å². The first kappa shape index (κ1) is 16.5. The van der Waals surface area contributed by atoms with E-state index in [9.17, 15) is 0 Å². The van der Waals surface area contributed by atoms with Gasteiger partial charge >= 0.3 is 0 Å². The molecule has 1 N–H and O–H groups in total. The first-order chi connectivity index (χ1) is 11.1. The largest absolute Gasteiger partial charge is 0.496 e. The van der Waals surface area contributed by atoms with Crippen LogP contribution in [-0.4, -0.2) is 12.3 Å². The summed E-state index contributed by atoms with van der Waals surface area (Å²) in [5.74, 6) is 1.39. The zero-order valence-electron chi connectivity index (χ0n) is 12.5. The van der Waals surface area contributed by atoms with Crippen molar-refractivity contribution in [1.29, 1.82) is 0 Å². The predicted molar refractivity (Wildman–Crippen MR) is 98.6 cm³/mol. The zero-order chi connectivity index (χ0) is 16.4. The van der Waals surface area contributed by atoms with E-state index in [4.69, 9.17) is 20.9 Å². The number of benzene rings is 2. The average Bonchev–Trinajstić information content (AvgIpc) is 2.99. The lowest BCUT2D eigenvalue weighted by atomic mass is 10.2. The second kappa shape index (κ2) is 7.03. The van der Waals surface area contributed by atoms with Crippen LogP contribution >= 0.6 is 39.5 Å². The molecule has 0 atom stereocenters. The monoisotopic (exact) mass is 412 g/mol. The molecule has 0 unspecified atom stereocenters. The van der Waals surface area contributed by atoms with E-state index in [1.54, 1.807) is 7.11 Å². The molecule has 0 bridgehead atoms. The van der Waals surface area contributed by atoms with Gasteiger partial charge in [-0.15, -0.1) is 0 Å². The van der Waals surface area contributed by atoms with E-state index in [0.29, 0.717) is 16.4 Å². The second-order valence-electron chi connectivity index (χ2n) is 4.81. The molecule has 2 aromatic carbocycles. The lowest BCUT2D eigenvalue weighted by Gasteiger charge is -2.10. The van der Waals surface area contributed by atoms with Gasteiger partial charge in [0.15, 0.2) is 11.4 Å². The Balaban J connectivity index is 1.91. The van der Waals surface area contributed by atoms with Crippen molar-refractivity contribution in [1.82, 2.24) is 5.16 Å². The normalized spacial score (nSPS) is 11.0. The van der Waals surface area contributed by atoms with E-state index in [1.165, 1.54) is 17.5 Å². The van der Waals surface area contributed by atoms with Crippen molar-refractivity contribution >= 4 is 56.3 Å². The van der Waals surface area contributed by atoms with Crippen LogP contribution in [0.2, 0.25) is 5.02 Å². The van der Waals surface area contributed by atoms with Crippen molar-refractivity contribution in [3.8, 4) is 5.75 Å². The number of rotatable bonds is 5. The van der Waals surface area contributed by atoms with Crippen LogP contribution in [-0.2, 0) is 6.42 Å². The van der Waals surface area contributed by atoms with Crippen LogP contribution in [0.25, 0.3) is 11.0 Å². The summed E-state index contributed by atoms with van der Waals surface area (Å²) in [6.45, 7) is 2.12. The third-order valence-electron chi connectivity index (χ3n) is 3.42. The van der Waals surface area contributed by atoms with Gasteiger partial charge in [-0.3, -0.25) is 0 Å². The molecule has 0 aliphatic carbocycles. The summed E-state index contributed by atoms with van der Waals surface area (Å²) >= 11 is 11.2. The number of hydrogen-bond acceptors (Lipinski definition) is 5. The van der Waals surface area contributed by atoms with Gasteiger partial charge in [0.2, 0.25) is 0 Å². The molecule has 23 heavy (non-hydrogen) atoms. The van der Waals surface area contributed by atoms with E-state index in [0.717, 1.165) is 26.9 Å². The Morgan fingerprint density at radius 2 is 2.17 bits per heavy atom. The number of fused-ring (bicyclic) bond motifs is 1. The molecule has 0 aliphatic rings. The highest BCUT2D eigenvalue weighted by Crippen LogP contribution is 2.38. The lowest BCUT2D eigenvalue weighted by molar-refractivity contribution is 0.404. The third-order valence-corrected chi connectivity index (χ3v) is 5.54. The summed E-state index contributed by atoms with van der Waals surface area (Å²) < 4.78 is 14.7. The molecule has 0 spiro atoms. The van der Waals surface area contributed by atoms with Gasteiger partial charge in [0.1, 0.15) is 5.75 Å². The number of anilines is 1. The SMILES string of the molecule is CCc1ccc(OC)c(SNc2noc3ccc(Br)c(Cl)c23)c1. The maximum Gasteiger partial charge on any atom is 0.189 e. The van der Waals surface area contributed by atoms with Crippen LogP contribution in [0.4, 0.5) is 5.82 Å². The van der Waals surface area contributed by atoms with Crippen LogP contribution in [0, 0.1) is 0 Å². The van der Waals surface area contributed by atoms with Crippen molar-refractivity contribution in [2.24, 2.45) is 0 Å². The van der Waals surface area contributed by atoms with Gasteiger partial charge in [0.25, 0.3) is 0 Å². The Kier molecular flexibility index (Phi) is 5.04. The van der Waals surface area contributed by atoms with E-state index < -0.39 is 0 Å². The molecule has 0 fully saturated rings. The molecule has 1 aromatic heterocycles. The lowest BCUT2D eigenvalue weighted by Crippen LogP contribution is -1.93. The molecule has 120 valence electrons. The predicted octanol–water partition coefficient (Wildman–Crippen LogP) is 5.93. The number of aromatic nitrogens is 1. The highest BCUT2D eigenvalue weighted by Gasteiger charge is 2.15. The Labute approximate surface area is 151 Å². The van der Waals surface area contributed by atoms with Crippen molar-refractivity contribution in [3.63, 3.8) is 0 Å². The summed E-state index contributed by atoms with van der Waals surface area (Å²) in [4.78, 5) is 0.981. The van der Waals surface area contributed by atoms with Crippen LogP contribution in [0.15, 0.2) is 44.2 Å². The first-order valence-electron chi connectivity index (χ1n) is 6.97. The van der Waals surface area contributed by atoms with Gasteiger partial charge in [-0.05, 0) is 64.1 Å². The molecule has 7 heteroatoms. The van der Waals surface area contributed by atoms with Crippen LogP contribution in [0.5, 0.6) is 5.75 Å². The number of methoxy groups -OCH3 is 1. The first-order valence-corrected chi connectivity index (χ1v) is 8.96. The maximum absolute atomic E-state index is 6.34. The van der Waals surface area contributed by atoms with E-state index >= 15 is 0 Å².